The van der Waals surface area contributed by atoms with Crippen LogP contribution in [0.15, 0.2) is 24.4 Å². The number of pyridine rings is 1. The molecule has 0 aromatic carbocycles. The summed E-state index contributed by atoms with van der Waals surface area (Å²) >= 11 is 0. The largest absolute Gasteiger partial charge is 0.313 e. The van der Waals surface area contributed by atoms with Crippen molar-refractivity contribution in [2.75, 3.05) is 13.1 Å². The Morgan fingerprint density at radius 1 is 1.44 bits per heavy atom. The second-order valence-electron chi connectivity index (χ2n) is 4.37. The highest BCUT2D eigenvalue weighted by molar-refractivity contribution is 5.08. The van der Waals surface area contributed by atoms with E-state index in [-0.39, 0.29) is 0 Å². The van der Waals surface area contributed by atoms with Gasteiger partial charge in [0.05, 0.1) is 11.8 Å². The molecular formula is C12H16N4. The van der Waals surface area contributed by atoms with Crippen LogP contribution in [0.3, 0.4) is 0 Å². The van der Waals surface area contributed by atoms with Crippen LogP contribution in [0.4, 0.5) is 0 Å². The Kier molecular flexibility index (Phi) is 3.18. The molecule has 0 unspecified atom stereocenters. The van der Waals surface area contributed by atoms with Crippen LogP contribution in [0.5, 0.6) is 0 Å². The summed E-state index contributed by atoms with van der Waals surface area (Å²) in [5, 5.41) is 8.92. The first kappa shape index (κ1) is 11.1. The first-order chi connectivity index (χ1) is 7.72. The molecule has 0 amide bonds. The summed E-state index contributed by atoms with van der Waals surface area (Å²) in [4.78, 5) is 6.59. The average Bonchev–Trinajstić information content (AvgIpc) is 2.34. The number of likely N-dealkylation sites (tertiary alicyclic amines) is 1. The molecular weight excluding hydrogens is 200 g/mol. The monoisotopic (exact) mass is 216 g/mol. The maximum Gasteiger partial charge on any atom is 0.106 e. The van der Waals surface area contributed by atoms with Gasteiger partial charge in [0.25, 0.3) is 0 Å². The third-order valence-electron chi connectivity index (χ3n) is 3.08. The third-order valence-corrected chi connectivity index (χ3v) is 3.08. The molecule has 84 valence electrons. The van der Waals surface area contributed by atoms with Gasteiger partial charge >= 0.3 is 0 Å². The van der Waals surface area contributed by atoms with E-state index in [2.05, 4.69) is 16.0 Å². The number of hydrogen-bond donors (Lipinski definition) is 1. The minimum Gasteiger partial charge on any atom is -0.313 e. The number of aromatic nitrogens is 1. The van der Waals surface area contributed by atoms with Crippen molar-refractivity contribution >= 4 is 0 Å². The van der Waals surface area contributed by atoms with Crippen LogP contribution in [0.25, 0.3) is 0 Å². The fourth-order valence-corrected chi connectivity index (χ4v) is 1.94. The summed E-state index contributed by atoms with van der Waals surface area (Å²) < 4.78 is 0. The maximum atomic E-state index is 8.92. The van der Waals surface area contributed by atoms with Crippen molar-refractivity contribution in [2.24, 2.45) is 5.73 Å². The lowest BCUT2D eigenvalue weighted by molar-refractivity contribution is 0.179. The molecule has 1 aromatic heterocycles. The van der Waals surface area contributed by atoms with Gasteiger partial charge < -0.3 is 5.73 Å². The van der Waals surface area contributed by atoms with E-state index in [1.165, 1.54) is 0 Å². The minimum absolute atomic E-state index is 0.610. The van der Waals surface area contributed by atoms with Crippen LogP contribution in [-0.2, 0) is 6.54 Å². The van der Waals surface area contributed by atoms with Gasteiger partial charge in [0.2, 0.25) is 0 Å². The lowest BCUT2D eigenvalue weighted by Gasteiger charge is -2.34. The first-order valence-electron chi connectivity index (χ1n) is 5.54. The summed E-state index contributed by atoms with van der Waals surface area (Å²) in [7, 11) is 0. The zero-order valence-corrected chi connectivity index (χ0v) is 9.26. The quantitative estimate of drug-likeness (QED) is 0.797. The normalized spacial score (nSPS) is 20.2. The van der Waals surface area contributed by atoms with Gasteiger partial charge in [0.1, 0.15) is 5.54 Å². The van der Waals surface area contributed by atoms with Crippen molar-refractivity contribution < 1.29 is 0 Å². The predicted octanol–water partition coefficient (Wildman–Crippen LogP) is 0.898. The van der Waals surface area contributed by atoms with Gasteiger partial charge in [0.15, 0.2) is 0 Å². The van der Waals surface area contributed by atoms with Crippen molar-refractivity contribution in [1.82, 2.24) is 9.88 Å². The molecule has 4 heteroatoms. The summed E-state index contributed by atoms with van der Waals surface area (Å²) in [6, 6.07) is 8.13. The van der Waals surface area contributed by atoms with Crippen molar-refractivity contribution in [3.05, 3.63) is 30.1 Å². The fraction of sp³-hybridized carbons (Fsp3) is 0.500. The van der Waals surface area contributed by atoms with Crippen molar-refractivity contribution in [3.8, 4) is 6.07 Å². The van der Waals surface area contributed by atoms with Crippen LogP contribution in [0.2, 0.25) is 0 Å². The van der Waals surface area contributed by atoms with Crippen LogP contribution in [-0.4, -0.2) is 28.5 Å². The molecule has 0 bridgehead atoms. The van der Waals surface area contributed by atoms with E-state index in [1.54, 1.807) is 0 Å². The van der Waals surface area contributed by atoms with E-state index in [4.69, 9.17) is 11.0 Å². The van der Waals surface area contributed by atoms with E-state index in [0.29, 0.717) is 0 Å². The Morgan fingerprint density at radius 2 is 2.19 bits per heavy atom. The molecule has 1 aromatic rings. The zero-order chi connectivity index (χ0) is 11.4. The van der Waals surface area contributed by atoms with Gasteiger partial charge in [-0.25, -0.2) is 0 Å². The summed E-state index contributed by atoms with van der Waals surface area (Å²) in [6.45, 7) is 2.60. The van der Waals surface area contributed by atoms with E-state index >= 15 is 0 Å². The second kappa shape index (κ2) is 4.60. The van der Waals surface area contributed by atoms with Crippen molar-refractivity contribution in [2.45, 2.75) is 24.9 Å². The Bertz CT molecular complexity index is 374. The number of nitrogens with two attached hydrogens (primary N) is 1. The number of nitrogens with zero attached hydrogens (tertiary/aromatic N) is 3. The van der Waals surface area contributed by atoms with E-state index in [0.717, 1.165) is 38.2 Å². The Hall–Kier alpha value is -1.44. The predicted molar refractivity (Wildman–Crippen MR) is 61.3 cm³/mol. The van der Waals surface area contributed by atoms with Gasteiger partial charge in [-0.1, -0.05) is 6.07 Å². The number of rotatable bonds is 2. The molecule has 2 rings (SSSR count). The standard InChI is InChI=1S/C12H16N4/c13-10-12(14)4-7-16(8-5-12)9-11-3-1-2-6-15-11/h1-3,6H,4-5,7-9,14H2. The molecule has 1 aliphatic heterocycles. The van der Waals surface area contributed by atoms with Crippen molar-refractivity contribution in [3.63, 3.8) is 0 Å². The lowest BCUT2D eigenvalue weighted by atomic mass is 9.90. The van der Waals surface area contributed by atoms with Crippen LogP contribution >= 0.6 is 0 Å². The van der Waals surface area contributed by atoms with Gasteiger partial charge in [-0.3, -0.25) is 9.88 Å². The molecule has 0 saturated carbocycles. The number of hydrogen-bond acceptors (Lipinski definition) is 4. The Morgan fingerprint density at radius 3 is 2.75 bits per heavy atom. The van der Waals surface area contributed by atoms with E-state index in [1.807, 2.05) is 24.4 Å². The highest BCUT2D eigenvalue weighted by Gasteiger charge is 2.30. The molecule has 1 aliphatic rings. The summed E-state index contributed by atoms with van der Waals surface area (Å²) in [6.07, 6.45) is 3.30. The van der Waals surface area contributed by atoms with Gasteiger partial charge in [-0.2, -0.15) is 5.26 Å². The summed E-state index contributed by atoms with van der Waals surface area (Å²) in [5.41, 5.74) is 6.37. The lowest BCUT2D eigenvalue weighted by Crippen LogP contribution is -2.49. The van der Waals surface area contributed by atoms with Crippen molar-refractivity contribution in [1.29, 1.82) is 5.26 Å². The van der Waals surface area contributed by atoms with Crippen LogP contribution in [0, 0.1) is 11.3 Å². The number of nitriles is 1. The smallest absolute Gasteiger partial charge is 0.106 e. The molecule has 0 aliphatic carbocycles. The SMILES string of the molecule is N#CC1(N)CCN(Cc2ccccn2)CC1. The molecule has 0 radical (unpaired) electrons. The van der Waals surface area contributed by atoms with Gasteiger partial charge in [-0.15, -0.1) is 0 Å². The molecule has 4 nitrogen and oxygen atoms in total. The Balaban J connectivity index is 1.89. The zero-order valence-electron chi connectivity index (χ0n) is 9.26. The molecule has 1 saturated heterocycles. The molecule has 2 N–H and O–H groups in total. The maximum absolute atomic E-state index is 8.92. The minimum atomic E-state index is -0.610. The summed E-state index contributed by atoms with van der Waals surface area (Å²) in [5.74, 6) is 0. The first-order valence-corrected chi connectivity index (χ1v) is 5.54. The average molecular weight is 216 g/mol. The molecule has 16 heavy (non-hydrogen) atoms. The van der Waals surface area contributed by atoms with Crippen LogP contribution in [0.1, 0.15) is 18.5 Å². The van der Waals surface area contributed by atoms with E-state index < -0.39 is 5.54 Å². The molecule has 2 heterocycles. The van der Waals surface area contributed by atoms with Gasteiger partial charge in [-0.05, 0) is 25.0 Å². The van der Waals surface area contributed by atoms with Crippen LogP contribution < -0.4 is 5.73 Å². The topological polar surface area (TPSA) is 65.9 Å². The third kappa shape index (κ3) is 2.57. The van der Waals surface area contributed by atoms with E-state index in [9.17, 15) is 0 Å². The second-order valence-corrected chi connectivity index (χ2v) is 4.37. The molecule has 1 fully saturated rings. The highest BCUT2D eigenvalue weighted by atomic mass is 15.1. The number of piperidine rings is 1. The highest BCUT2D eigenvalue weighted by Crippen LogP contribution is 2.19. The molecule has 0 spiro atoms. The van der Waals surface area contributed by atoms with Gasteiger partial charge in [0, 0.05) is 25.8 Å². The fourth-order valence-electron chi connectivity index (χ4n) is 1.94. The Labute approximate surface area is 95.7 Å². The molecule has 0 atom stereocenters.